The molecule has 1 saturated heterocycles. The highest BCUT2D eigenvalue weighted by Gasteiger charge is 2.46. The molecule has 1 saturated carbocycles. The molecule has 1 aliphatic heterocycles. The Kier molecular flexibility index (Phi) is 3.35. The van der Waals surface area contributed by atoms with Crippen LogP contribution in [0.5, 0.6) is 0 Å². The van der Waals surface area contributed by atoms with Gasteiger partial charge in [0, 0.05) is 31.2 Å². The van der Waals surface area contributed by atoms with Crippen LogP contribution in [0.1, 0.15) is 45.5 Å². The van der Waals surface area contributed by atoms with E-state index in [0.29, 0.717) is 11.6 Å². The summed E-state index contributed by atoms with van der Waals surface area (Å²) in [4.78, 5) is 7.08. The lowest BCUT2D eigenvalue weighted by Gasteiger charge is -2.45. The molecule has 5 nitrogen and oxygen atoms in total. The minimum absolute atomic E-state index is 0.298. The second-order valence-electron chi connectivity index (χ2n) is 6.44. The third-order valence-electron chi connectivity index (χ3n) is 4.69. The monoisotopic (exact) mass is 263 g/mol. The van der Waals surface area contributed by atoms with Gasteiger partial charge in [-0.1, -0.05) is 0 Å². The lowest BCUT2D eigenvalue weighted by atomic mass is 9.91. The quantitative estimate of drug-likeness (QED) is 0.893. The first-order valence-electron chi connectivity index (χ1n) is 7.45. The van der Waals surface area contributed by atoms with Crippen molar-refractivity contribution >= 4 is 0 Å². The van der Waals surface area contributed by atoms with Gasteiger partial charge in [-0.15, -0.1) is 0 Å². The molecule has 2 fully saturated rings. The van der Waals surface area contributed by atoms with Gasteiger partial charge in [-0.2, -0.15) is 5.10 Å². The highest BCUT2D eigenvalue weighted by molar-refractivity contribution is 5.04. The normalized spacial score (nSPS) is 29.1. The maximum absolute atomic E-state index is 4.47. The molecule has 1 aliphatic carbocycles. The molecule has 2 aliphatic rings. The van der Waals surface area contributed by atoms with Crippen LogP contribution in [0.2, 0.25) is 0 Å². The molecule has 1 atom stereocenters. The summed E-state index contributed by atoms with van der Waals surface area (Å²) >= 11 is 0. The molecule has 5 heteroatoms. The molecule has 3 rings (SSSR count). The highest BCUT2D eigenvalue weighted by Crippen LogP contribution is 2.43. The molecule has 1 unspecified atom stereocenters. The smallest absolute Gasteiger partial charge is 0.141 e. The fourth-order valence-corrected chi connectivity index (χ4v) is 3.28. The van der Waals surface area contributed by atoms with E-state index in [9.17, 15) is 0 Å². The van der Waals surface area contributed by atoms with E-state index in [1.807, 2.05) is 0 Å². The van der Waals surface area contributed by atoms with Gasteiger partial charge < -0.3 is 5.32 Å². The molecule has 1 N–H and O–H groups in total. The van der Waals surface area contributed by atoms with Crippen molar-refractivity contribution in [2.75, 3.05) is 19.6 Å². The molecule has 0 bridgehead atoms. The van der Waals surface area contributed by atoms with Crippen LogP contribution < -0.4 is 5.32 Å². The van der Waals surface area contributed by atoms with Gasteiger partial charge in [-0.25, -0.2) is 9.67 Å². The van der Waals surface area contributed by atoms with Gasteiger partial charge in [0.25, 0.3) is 0 Å². The second kappa shape index (κ2) is 4.87. The van der Waals surface area contributed by atoms with Gasteiger partial charge in [0.1, 0.15) is 12.2 Å². The number of hydrogen-bond donors (Lipinski definition) is 1. The van der Waals surface area contributed by atoms with E-state index in [0.717, 1.165) is 37.9 Å². The second-order valence-corrected chi connectivity index (χ2v) is 6.44. The van der Waals surface area contributed by atoms with E-state index in [2.05, 4.69) is 45.8 Å². The van der Waals surface area contributed by atoms with Crippen LogP contribution in [0.15, 0.2) is 6.33 Å². The predicted octanol–water partition coefficient (Wildman–Crippen LogP) is 1.43. The number of rotatable bonds is 4. The Morgan fingerprint density at radius 2 is 2.26 bits per heavy atom. The van der Waals surface area contributed by atoms with Crippen molar-refractivity contribution in [3.8, 4) is 0 Å². The van der Waals surface area contributed by atoms with Gasteiger partial charge >= 0.3 is 0 Å². The number of piperazine rings is 1. The number of nitrogens with one attached hydrogen (secondary N) is 1. The summed E-state index contributed by atoms with van der Waals surface area (Å²) in [6.07, 6.45) is 4.45. The summed E-state index contributed by atoms with van der Waals surface area (Å²) in [5.41, 5.74) is 0.298. The summed E-state index contributed by atoms with van der Waals surface area (Å²) in [6.45, 7) is 11.0. The zero-order valence-corrected chi connectivity index (χ0v) is 12.3. The van der Waals surface area contributed by atoms with Gasteiger partial charge in [0.05, 0.1) is 6.54 Å². The average Bonchev–Trinajstić information content (AvgIpc) is 3.13. The van der Waals surface area contributed by atoms with Crippen molar-refractivity contribution in [1.29, 1.82) is 0 Å². The minimum atomic E-state index is 0.298. The van der Waals surface area contributed by atoms with Crippen molar-refractivity contribution < 1.29 is 0 Å². The van der Waals surface area contributed by atoms with Crippen LogP contribution in [-0.4, -0.2) is 44.8 Å². The lowest BCUT2D eigenvalue weighted by Crippen LogP contribution is -2.60. The van der Waals surface area contributed by atoms with E-state index in [4.69, 9.17) is 0 Å². The van der Waals surface area contributed by atoms with E-state index < -0.39 is 0 Å². The Hall–Kier alpha value is -0.940. The van der Waals surface area contributed by atoms with Crippen LogP contribution in [0, 0.1) is 5.92 Å². The first-order valence-corrected chi connectivity index (χ1v) is 7.45. The van der Waals surface area contributed by atoms with E-state index >= 15 is 0 Å². The lowest BCUT2D eigenvalue weighted by molar-refractivity contribution is 0.0445. The third kappa shape index (κ3) is 2.41. The van der Waals surface area contributed by atoms with Crippen molar-refractivity contribution in [1.82, 2.24) is 25.0 Å². The largest absolute Gasteiger partial charge is 0.314 e. The van der Waals surface area contributed by atoms with Gasteiger partial charge in [0.15, 0.2) is 0 Å². The molecular weight excluding hydrogens is 238 g/mol. The van der Waals surface area contributed by atoms with Crippen molar-refractivity contribution in [3.63, 3.8) is 0 Å². The van der Waals surface area contributed by atoms with Crippen molar-refractivity contribution in [2.24, 2.45) is 5.92 Å². The fraction of sp³-hybridized carbons (Fsp3) is 0.857. The Balaban J connectivity index is 1.78. The highest BCUT2D eigenvalue weighted by atomic mass is 15.4. The average molecular weight is 263 g/mol. The molecule has 1 aromatic rings. The number of hydrogen-bond acceptors (Lipinski definition) is 4. The third-order valence-corrected chi connectivity index (χ3v) is 4.69. The topological polar surface area (TPSA) is 46.0 Å². The summed E-state index contributed by atoms with van der Waals surface area (Å²) in [7, 11) is 0. The first kappa shape index (κ1) is 13.1. The Morgan fingerprint density at radius 1 is 1.47 bits per heavy atom. The molecular formula is C14H25N5. The molecule has 1 aromatic heterocycles. The van der Waals surface area contributed by atoms with E-state index in [-0.39, 0.29) is 0 Å². The molecule has 106 valence electrons. The Morgan fingerprint density at radius 3 is 2.95 bits per heavy atom. The number of nitrogens with zero attached hydrogens (tertiary/aromatic N) is 4. The predicted molar refractivity (Wildman–Crippen MR) is 74.8 cm³/mol. The SMILES string of the molecule is CC(C)n1ncnc1CN1CCNCC1(C)C1CC1. The maximum atomic E-state index is 4.47. The summed E-state index contributed by atoms with van der Waals surface area (Å²) < 4.78 is 2.05. The standard InChI is InChI=1S/C14H25N5/c1-11(2)19-13(16-10-17-19)8-18-7-6-15-9-14(18,3)12-4-5-12/h10-12,15H,4-9H2,1-3H3. The molecule has 19 heavy (non-hydrogen) atoms. The number of aromatic nitrogens is 3. The molecule has 2 heterocycles. The van der Waals surface area contributed by atoms with Crippen molar-refractivity contribution in [3.05, 3.63) is 12.2 Å². The molecule has 0 aromatic carbocycles. The van der Waals surface area contributed by atoms with Crippen LogP contribution in [0.3, 0.4) is 0 Å². The zero-order valence-electron chi connectivity index (χ0n) is 12.3. The first-order chi connectivity index (χ1) is 9.11. The van der Waals surface area contributed by atoms with Crippen LogP contribution in [0.4, 0.5) is 0 Å². The van der Waals surface area contributed by atoms with Gasteiger partial charge in [-0.3, -0.25) is 4.90 Å². The van der Waals surface area contributed by atoms with E-state index in [1.54, 1.807) is 6.33 Å². The maximum Gasteiger partial charge on any atom is 0.141 e. The van der Waals surface area contributed by atoms with Gasteiger partial charge in [0.2, 0.25) is 0 Å². The summed E-state index contributed by atoms with van der Waals surface area (Å²) in [6, 6.07) is 0.382. The van der Waals surface area contributed by atoms with E-state index in [1.165, 1.54) is 12.8 Å². The zero-order chi connectivity index (χ0) is 13.5. The van der Waals surface area contributed by atoms with Crippen LogP contribution in [0.25, 0.3) is 0 Å². The molecule has 0 radical (unpaired) electrons. The fourth-order valence-electron chi connectivity index (χ4n) is 3.28. The molecule has 0 amide bonds. The Bertz CT molecular complexity index is 437. The van der Waals surface area contributed by atoms with Crippen LogP contribution in [-0.2, 0) is 6.54 Å². The minimum Gasteiger partial charge on any atom is -0.314 e. The molecule has 0 spiro atoms. The van der Waals surface area contributed by atoms with Crippen LogP contribution >= 0.6 is 0 Å². The summed E-state index contributed by atoms with van der Waals surface area (Å²) in [5, 5.41) is 7.91. The Labute approximate surface area is 115 Å². The summed E-state index contributed by atoms with van der Waals surface area (Å²) in [5.74, 6) is 1.96. The van der Waals surface area contributed by atoms with Gasteiger partial charge in [-0.05, 0) is 39.5 Å². The van der Waals surface area contributed by atoms with Crippen molar-refractivity contribution in [2.45, 2.75) is 51.7 Å².